The molecule has 0 aromatic heterocycles. The maximum absolute atomic E-state index is 12.1. The fourth-order valence-electron chi connectivity index (χ4n) is 2.27. The Balaban J connectivity index is 2.70. The van der Waals surface area contributed by atoms with Crippen LogP contribution in [-0.4, -0.2) is 36.3 Å². The lowest BCUT2D eigenvalue weighted by molar-refractivity contribution is 0.0275. The van der Waals surface area contributed by atoms with Gasteiger partial charge in [-0.1, -0.05) is 37.0 Å². The van der Waals surface area contributed by atoms with Crippen LogP contribution in [0.25, 0.3) is 0 Å². The van der Waals surface area contributed by atoms with Crippen molar-refractivity contribution < 1.29 is 14.3 Å². The van der Waals surface area contributed by atoms with Crippen LogP contribution in [0.15, 0.2) is 18.2 Å². The number of halogens is 2. The molecule has 1 aromatic carbocycles. The number of carbonyl (C=O) groups is 1. The zero-order chi connectivity index (χ0) is 19.2. The molecule has 0 saturated heterocycles. The molecule has 0 bridgehead atoms. The van der Waals surface area contributed by atoms with Crippen LogP contribution in [0.4, 0.5) is 4.79 Å². The normalized spacial score (nSPS) is 12.8. The molecule has 1 atom stereocenters. The average molecular weight is 390 g/mol. The van der Waals surface area contributed by atoms with Gasteiger partial charge in [0.15, 0.2) is 0 Å². The van der Waals surface area contributed by atoms with Crippen molar-refractivity contribution in [3.63, 3.8) is 0 Å². The van der Waals surface area contributed by atoms with E-state index in [-0.39, 0.29) is 12.2 Å². The fourth-order valence-corrected chi connectivity index (χ4v) is 2.59. The highest BCUT2D eigenvalue weighted by Gasteiger charge is 2.21. The molecule has 142 valence electrons. The summed E-state index contributed by atoms with van der Waals surface area (Å²) in [5.41, 5.74) is -0.506. The summed E-state index contributed by atoms with van der Waals surface area (Å²) in [5, 5.41) is 1.10. The number of carbonyl (C=O) groups excluding carboxylic acids is 1. The predicted octanol–water partition coefficient (Wildman–Crippen LogP) is 6.04. The summed E-state index contributed by atoms with van der Waals surface area (Å²) >= 11 is 12.2. The van der Waals surface area contributed by atoms with E-state index in [9.17, 15) is 4.79 Å². The van der Waals surface area contributed by atoms with E-state index >= 15 is 0 Å². The van der Waals surface area contributed by atoms with E-state index in [1.165, 1.54) is 0 Å². The summed E-state index contributed by atoms with van der Waals surface area (Å²) in [4.78, 5) is 13.6. The quantitative estimate of drug-likeness (QED) is 0.569. The predicted molar refractivity (Wildman–Crippen MR) is 104 cm³/mol. The molecule has 1 amide bonds. The van der Waals surface area contributed by atoms with Crippen LogP contribution in [0.5, 0.6) is 5.75 Å². The summed E-state index contributed by atoms with van der Waals surface area (Å²) < 4.78 is 11.4. The van der Waals surface area contributed by atoms with Gasteiger partial charge in [0.2, 0.25) is 0 Å². The molecule has 0 aliphatic heterocycles. The van der Waals surface area contributed by atoms with Gasteiger partial charge in [-0.3, -0.25) is 0 Å². The van der Waals surface area contributed by atoms with Crippen molar-refractivity contribution in [1.29, 1.82) is 0 Å². The molecule has 0 spiro atoms. The first-order chi connectivity index (χ1) is 11.5. The number of hydrogen-bond donors (Lipinski definition) is 0. The summed E-state index contributed by atoms with van der Waals surface area (Å²) in [7, 11) is 1.73. The Bertz CT molecular complexity index is 570. The van der Waals surface area contributed by atoms with Gasteiger partial charge in [-0.25, -0.2) is 4.79 Å². The van der Waals surface area contributed by atoms with Crippen LogP contribution in [0.3, 0.4) is 0 Å². The van der Waals surface area contributed by atoms with Gasteiger partial charge in [-0.15, -0.1) is 0 Å². The van der Waals surface area contributed by atoms with Gasteiger partial charge < -0.3 is 14.4 Å². The van der Waals surface area contributed by atoms with Crippen LogP contribution >= 0.6 is 23.2 Å². The van der Waals surface area contributed by atoms with Gasteiger partial charge in [0, 0.05) is 31.1 Å². The molecule has 0 heterocycles. The molecule has 0 fully saturated rings. The minimum absolute atomic E-state index is 0.0687. The Kier molecular flexibility index (Phi) is 8.36. The second-order valence-corrected chi connectivity index (χ2v) is 8.48. The van der Waals surface area contributed by atoms with Crippen molar-refractivity contribution in [3.8, 4) is 5.75 Å². The average Bonchev–Trinajstić information content (AvgIpc) is 2.45. The van der Waals surface area contributed by atoms with Crippen LogP contribution in [0.1, 0.15) is 47.5 Å². The van der Waals surface area contributed by atoms with Gasteiger partial charge >= 0.3 is 6.09 Å². The second kappa shape index (κ2) is 9.54. The lowest BCUT2D eigenvalue weighted by Crippen LogP contribution is -2.36. The molecule has 0 aliphatic carbocycles. The summed E-state index contributed by atoms with van der Waals surface area (Å²) in [5.74, 6) is 1.02. The zero-order valence-electron chi connectivity index (χ0n) is 15.9. The third-order valence-electron chi connectivity index (χ3n) is 3.41. The Hall–Kier alpha value is -1.13. The second-order valence-electron chi connectivity index (χ2n) is 7.63. The van der Waals surface area contributed by atoms with Crippen molar-refractivity contribution in [3.05, 3.63) is 28.2 Å². The smallest absolute Gasteiger partial charge is 0.410 e. The Labute approximate surface area is 161 Å². The lowest BCUT2D eigenvalue weighted by Gasteiger charge is -2.27. The van der Waals surface area contributed by atoms with Crippen molar-refractivity contribution in [1.82, 2.24) is 4.90 Å². The highest BCUT2D eigenvalue weighted by atomic mass is 35.5. The molecular formula is C19H29Cl2NO3. The van der Waals surface area contributed by atoms with E-state index in [1.807, 2.05) is 20.8 Å². The SMILES string of the molecule is CC(C)CC(CCN(C)C(=O)OC(C)(C)C)Oc1cc(Cl)ccc1Cl. The van der Waals surface area contributed by atoms with E-state index in [1.54, 1.807) is 30.1 Å². The number of rotatable bonds is 7. The largest absolute Gasteiger partial charge is 0.489 e. The van der Waals surface area contributed by atoms with Crippen LogP contribution in [-0.2, 0) is 4.74 Å². The monoisotopic (exact) mass is 389 g/mol. The molecule has 4 nitrogen and oxygen atoms in total. The highest BCUT2D eigenvalue weighted by molar-refractivity contribution is 6.34. The van der Waals surface area contributed by atoms with Gasteiger partial charge in [0.1, 0.15) is 17.5 Å². The Morgan fingerprint density at radius 1 is 1.24 bits per heavy atom. The maximum atomic E-state index is 12.1. The zero-order valence-corrected chi connectivity index (χ0v) is 17.4. The van der Waals surface area contributed by atoms with E-state index in [2.05, 4.69) is 13.8 Å². The topological polar surface area (TPSA) is 38.8 Å². The van der Waals surface area contributed by atoms with Gasteiger partial charge in [0.05, 0.1) is 5.02 Å². The number of hydrogen-bond acceptors (Lipinski definition) is 3. The van der Waals surface area contributed by atoms with Crippen LogP contribution in [0.2, 0.25) is 10.0 Å². The third kappa shape index (κ3) is 8.68. The fraction of sp³-hybridized carbons (Fsp3) is 0.632. The molecule has 0 aliphatic rings. The van der Waals surface area contributed by atoms with Crippen molar-refractivity contribution in [2.24, 2.45) is 5.92 Å². The van der Waals surface area contributed by atoms with E-state index in [0.29, 0.717) is 34.7 Å². The first-order valence-corrected chi connectivity index (χ1v) is 9.29. The molecule has 0 saturated carbocycles. The summed E-state index contributed by atoms with van der Waals surface area (Å²) in [6.07, 6.45) is 1.12. The summed E-state index contributed by atoms with van der Waals surface area (Å²) in [6.45, 7) is 10.4. The third-order valence-corrected chi connectivity index (χ3v) is 3.96. The standard InChI is InChI=1S/C19H29Cl2NO3/c1-13(2)11-15(24-17-12-14(20)7-8-16(17)21)9-10-22(6)18(23)25-19(3,4)5/h7-8,12-13,15H,9-11H2,1-6H3. The molecule has 1 aromatic rings. The summed E-state index contributed by atoms with van der Waals surface area (Å²) in [6, 6.07) is 5.16. The number of benzene rings is 1. The van der Waals surface area contributed by atoms with Crippen molar-refractivity contribution in [2.45, 2.75) is 59.2 Å². The van der Waals surface area contributed by atoms with Gasteiger partial charge in [-0.2, -0.15) is 0 Å². The molecule has 1 unspecified atom stereocenters. The van der Waals surface area contributed by atoms with Crippen LogP contribution < -0.4 is 4.74 Å². The van der Waals surface area contributed by atoms with Crippen molar-refractivity contribution >= 4 is 29.3 Å². The van der Waals surface area contributed by atoms with Gasteiger partial charge in [0.25, 0.3) is 0 Å². The highest BCUT2D eigenvalue weighted by Crippen LogP contribution is 2.30. The number of nitrogens with zero attached hydrogens (tertiary/aromatic N) is 1. The van der Waals surface area contributed by atoms with Crippen molar-refractivity contribution in [2.75, 3.05) is 13.6 Å². The van der Waals surface area contributed by atoms with Crippen LogP contribution in [0, 0.1) is 5.92 Å². The first-order valence-electron chi connectivity index (χ1n) is 8.53. The molecule has 25 heavy (non-hydrogen) atoms. The minimum atomic E-state index is -0.506. The van der Waals surface area contributed by atoms with Gasteiger partial charge in [-0.05, 0) is 45.2 Å². The van der Waals surface area contributed by atoms with E-state index in [0.717, 1.165) is 6.42 Å². The van der Waals surface area contributed by atoms with E-state index < -0.39 is 5.60 Å². The lowest BCUT2D eigenvalue weighted by atomic mass is 10.0. The number of ether oxygens (including phenoxy) is 2. The molecule has 6 heteroatoms. The molecule has 0 radical (unpaired) electrons. The first kappa shape index (κ1) is 21.9. The molecular weight excluding hydrogens is 361 g/mol. The molecule has 0 N–H and O–H groups in total. The Morgan fingerprint density at radius 2 is 1.88 bits per heavy atom. The minimum Gasteiger partial charge on any atom is -0.489 e. The number of amides is 1. The molecule has 1 rings (SSSR count). The maximum Gasteiger partial charge on any atom is 0.410 e. The Morgan fingerprint density at radius 3 is 2.44 bits per heavy atom. The van der Waals surface area contributed by atoms with E-state index in [4.69, 9.17) is 32.7 Å².